The second-order valence-corrected chi connectivity index (χ2v) is 7.85. The number of ether oxygens (including phenoxy) is 2. The minimum Gasteiger partial charge on any atom is -0.493 e. The van der Waals surface area contributed by atoms with Crippen LogP contribution < -0.4 is 9.47 Å². The summed E-state index contributed by atoms with van der Waals surface area (Å²) in [5.41, 5.74) is 2.16. The van der Waals surface area contributed by atoms with Gasteiger partial charge in [0.15, 0.2) is 29.6 Å². The van der Waals surface area contributed by atoms with Crippen molar-refractivity contribution in [3.05, 3.63) is 23.3 Å². The molecule has 1 spiro atoms. The van der Waals surface area contributed by atoms with Crippen molar-refractivity contribution in [1.29, 1.82) is 5.26 Å². The van der Waals surface area contributed by atoms with E-state index in [-0.39, 0.29) is 17.2 Å². The zero-order chi connectivity index (χ0) is 17.3. The maximum absolute atomic E-state index is 13.0. The van der Waals surface area contributed by atoms with Gasteiger partial charge in [-0.2, -0.15) is 5.26 Å². The second-order valence-electron chi connectivity index (χ2n) is 7.85. The fourth-order valence-electron chi connectivity index (χ4n) is 6.25. The van der Waals surface area contributed by atoms with Gasteiger partial charge in [0.1, 0.15) is 0 Å². The number of piperidine rings is 1. The summed E-state index contributed by atoms with van der Waals surface area (Å²) in [6.45, 7) is 2.87. The lowest BCUT2D eigenvalue weighted by Crippen LogP contribution is -2.67. The number of rotatable bonds is 2. The van der Waals surface area contributed by atoms with E-state index in [0.717, 1.165) is 30.8 Å². The Labute approximate surface area is 147 Å². The number of carbonyl (C=O) groups excluding carboxylic acids is 1. The van der Waals surface area contributed by atoms with Crippen molar-refractivity contribution < 1.29 is 14.3 Å². The van der Waals surface area contributed by atoms with Crippen LogP contribution in [0, 0.1) is 23.3 Å². The molecule has 5 heteroatoms. The zero-order valence-corrected chi connectivity index (χ0v) is 14.6. The van der Waals surface area contributed by atoms with Crippen molar-refractivity contribution in [2.24, 2.45) is 11.8 Å². The van der Waals surface area contributed by atoms with Gasteiger partial charge in [-0.3, -0.25) is 4.79 Å². The monoisotopic (exact) mass is 338 g/mol. The summed E-state index contributed by atoms with van der Waals surface area (Å²) in [4.78, 5) is 15.0. The fraction of sp³-hybridized carbons (Fsp3) is 0.600. The number of hydrogen-bond acceptors (Lipinski definition) is 5. The van der Waals surface area contributed by atoms with Crippen LogP contribution in [0.25, 0.3) is 0 Å². The second kappa shape index (κ2) is 4.91. The molecule has 0 aromatic heterocycles. The van der Waals surface area contributed by atoms with Gasteiger partial charge in [-0.05, 0) is 36.3 Å². The van der Waals surface area contributed by atoms with Crippen molar-refractivity contribution in [1.82, 2.24) is 4.90 Å². The van der Waals surface area contributed by atoms with Gasteiger partial charge in [-0.25, -0.2) is 0 Å². The van der Waals surface area contributed by atoms with E-state index in [1.807, 2.05) is 11.0 Å². The third-order valence-corrected chi connectivity index (χ3v) is 7.12. The highest BCUT2D eigenvalue weighted by molar-refractivity contribution is 5.89. The number of benzene rings is 1. The van der Waals surface area contributed by atoms with Crippen LogP contribution in [0.1, 0.15) is 37.3 Å². The Bertz CT molecular complexity index is 814. The predicted molar refractivity (Wildman–Crippen MR) is 90.4 cm³/mol. The molecule has 1 saturated heterocycles. The number of ketones is 1. The normalized spacial score (nSPS) is 37.2. The third-order valence-electron chi connectivity index (χ3n) is 7.12. The van der Waals surface area contributed by atoms with E-state index in [0.29, 0.717) is 24.8 Å². The molecule has 0 amide bonds. The average Bonchev–Trinajstić information content (AvgIpc) is 2.97. The molecule has 2 bridgehead atoms. The molecule has 5 nitrogen and oxygen atoms in total. The number of methoxy groups -OCH3 is 1. The molecule has 2 aliphatic carbocycles. The van der Waals surface area contributed by atoms with Gasteiger partial charge in [0.2, 0.25) is 0 Å². The maximum atomic E-state index is 13.0. The highest BCUT2D eigenvalue weighted by Gasteiger charge is 2.68. The number of likely N-dealkylation sites (tertiary alicyclic amines) is 1. The van der Waals surface area contributed by atoms with Crippen LogP contribution in [-0.2, 0) is 16.6 Å². The fourth-order valence-corrected chi connectivity index (χ4v) is 6.25. The molecule has 0 N–H and O–H groups in total. The third kappa shape index (κ3) is 1.61. The summed E-state index contributed by atoms with van der Waals surface area (Å²) in [7, 11) is 1.65. The molecule has 1 saturated carbocycles. The number of Topliss-reactive ketones (excluding diaryl/α,β-unsaturated/α-hetero) is 1. The van der Waals surface area contributed by atoms with E-state index in [2.05, 4.69) is 19.2 Å². The molecule has 25 heavy (non-hydrogen) atoms. The standard InChI is InChI=1S/C20H22N2O3/c1-3-11-9-14(23)19-20-6-7-22(10-21)13(16(11)20)8-12-4-5-15(24-2)18(25-19)17(12)20/h4-5,11,13,16,19H,3,6-9H2,1-2H3/t11?,13-,16+,19?,20+/m1/s1. The first-order valence-electron chi connectivity index (χ1n) is 9.21. The SMILES string of the molecule is CCC1CC(=O)C2Oc3c(OC)ccc4c3[C@@]23CCN(C#N)[C@H](C4)[C@H]13. The van der Waals surface area contributed by atoms with Gasteiger partial charge in [0, 0.05) is 24.6 Å². The molecule has 130 valence electrons. The Kier molecular flexibility index (Phi) is 2.96. The zero-order valence-electron chi connectivity index (χ0n) is 14.6. The summed E-state index contributed by atoms with van der Waals surface area (Å²) in [5, 5.41) is 9.67. The maximum Gasteiger partial charge on any atom is 0.179 e. The molecular weight excluding hydrogens is 316 g/mol. The van der Waals surface area contributed by atoms with Crippen molar-refractivity contribution in [2.45, 2.75) is 50.2 Å². The van der Waals surface area contributed by atoms with E-state index in [9.17, 15) is 10.1 Å². The predicted octanol–water partition coefficient (Wildman–Crippen LogP) is 2.42. The van der Waals surface area contributed by atoms with Crippen LogP contribution >= 0.6 is 0 Å². The smallest absolute Gasteiger partial charge is 0.179 e. The highest BCUT2D eigenvalue weighted by Crippen LogP contribution is 2.64. The van der Waals surface area contributed by atoms with Gasteiger partial charge < -0.3 is 14.4 Å². The molecule has 2 unspecified atom stereocenters. The topological polar surface area (TPSA) is 62.6 Å². The Morgan fingerprint density at radius 2 is 2.28 bits per heavy atom. The molecule has 4 aliphatic rings. The van der Waals surface area contributed by atoms with Crippen LogP contribution in [-0.4, -0.2) is 36.5 Å². The Balaban J connectivity index is 1.80. The number of hydrogen-bond donors (Lipinski definition) is 0. The van der Waals surface area contributed by atoms with Gasteiger partial charge in [0.25, 0.3) is 0 Å². The number of nitriles is 1. The van der Waals surface area contributed by atoms with Crippen molar-refractivity contribution in [2.75, 3.05) is 13.7 Å². The summed E-state index contributed by atoms with van der Waals surface area (Å²) >= 11 is 0. The van der Waals surface area contributed by atoms with E-state index in [1.54, 1.807) is 7.11 Å². The molecule has 5 rings (SSSR count). The van der Waals surface area contributed by atoms with Crippen LogP contribution in [0.3, 0.4) is 0 Å². The highest BCUT2D eigenvalue weighted by atomic mass is 16.5. The number of nitrogens with zero attached hydrogens (tertiary/aromatic N) is 2. The molecule has 2 heterocycles. The lowest BCUT2D eigenvalue weighted by atomic mass is 9.48. The summed E-state index contributed by atoms with van der Waals surface area (Å²) in [6, 6.07) is 4.22. The minimum absolute atomic E-state index is 0.176. The van der Waals surface area contributed by atoms with E-state index in [4.69, 9.17) is 9.47 Å². The van der Waals surface area contributed by atoms with Crippen LogP contribution in [0.15, 0.2) is 12.1 Å². The Morgan fingerprint density at radius 3 is 3.00 bits per heavy atom. The summed E-state index contributed by atoms with van der Waals surface area (Å²) < 4.78 is 11.8. The molecular formula is C20H22N2O3. The summed E-state index contributed by atoms with van der Waals surface area (Å²) in [6.07, 6.45) is 5.20. The van der Waals surface area contributed by atoms with Crippen LogP contribution in [0.2, 0.25) is 0 Å². The van der Waals surface area contributed by atoms with E-state index in [1.165, 1.54) is 11.1 Å². The van der Waals surface area contributed by atoms with Gasteiger partial charge >= 0.3 is 0 Å². The van der Waals surface area contributed by atoms with E-state index >= 15 is 0 Å². The van der Waals surface area contributed by atoms with Crippen molar-refractivity contribution in [3.63, 3.8) is 0 Å². The molecule has 1 aromatic carbocycles. The van der Waals surface area contributed by atoms with Gasteiger partial charge in [-0.1, -0.05) is 19.4 Å². The van der Waals surface area contributed by atoms with Crippen molar-refractivity contribution >= 4 is 5.78 Å². The minimum atomic E-state index is -0.408. The number of carbonyl (C=O) groups is 1. The molecule has 5 atom stereocenters. The first kappa shape index (κ1) is 15.1. The molecule has 1 aromatic rings. The van der Waals surface area contributed by atoms with E-state index < -0.39 is 6.10 Å². The first-order chi connectivity index (χ1) is 12.2. The summed E-state index contributed by atoms with van der Waals surface area (Å²) in [5.74, 6) is 2.35. The largest absolute Gasteiger partial charge is 0.493 e. The lowest BCUT2D eigenvalue weighted by Gasteiger charge is -2.58. The van der Waals surface area contributed by atoms with Crippen LogP contribution in [0.4, 0.5) is 0 Å². The molecule has 2 fully saturated rings. The quantitative estimate of drug-likeness (QED) is 0.775. The Morgan fingerprint density at radius 1 is 1.44 bits per heavy atom. The van der Waals surface area contributed by atoms with Crippen LogP contribution in [0.5, 0.6) is 11.5 Å². The van der Waals surface area contributed by atoms with Crippen molar-refractivity contribution in [3.8, 4) is 17.7 Å². The first-order valence-corrected chi connectivity index (χ1v) is 9.21. The van der Waals surface area contributed by atoms with Gasteiger partial charge in [-0.15, -0.1) is 0 Å². The Hall–Kier alpha value is -2.22. The molecule has 0 radical (unpaired) electrons. The van der Waals surface area contributed by atoms with Gasteiger partial charge in [0.05, 0.1) is 12.5 Å². The lowest BCUT2D eigenvalue weighted by molar-refractivity contribution is -0.143. The average molecular weight is 338 g/mol. The molecule has 2 aliphatic heterocycles.